The van der Waals surface area contributed by atoms with Gasteiger partial charge < -0.3 is 10.4 Å². The lowest BCUT2D eigenvalue weighted by molar-refractivity contribution is -0.138. The molecule has 2 N–H and O–H groups in total. The number of nitrogens with one attached hydrogen (secondary N) is 1. The van der Waals surface area contributed by atoms with Crippen LogP contribution in [0, 0.1) is 0 Å². The zero-order valence-corrected chi connectivity index (χ0v) is 12.2. The first-order valence-corrected chi connectivity index (χ1v) is 7.22. The first kappa shape index (κ1) is 15.3. The van der Waals surface area contributed by atoms with Crippen LogP contribution in [0.25, 0.3) is 0 Å². The van der Waals surface area contributed by atoms with Crippen LogP contribution in [0.1, 0.15) is 29.9 Å². The Balaban J connectivity index is 1.90. The van der Waals surface area contributed by atoms with Crippen LogP contribution < -0.4 is 5.32 Å². The van der Waals surface area contributed by atoms with Gasteiger partial charge in [0.25, 0.3) is 0 Å². The summed E-state index contributed by atoms with van der Waals surface area (Å²) in [6.07, 6.45) is 0. The maximum absolute atomic E-state index is 11.4. The van der Waals surface area contributed by atoms with E-state index in [2.05, 4.69) is 24.4 Å². The van der Waals surface area contributed by atoms with Crippen molar-refractivity contribution in [3.63, 3.8) is 0 Å². The summed E-state index contributed by atoms with van der Waals surface area (Å²) in [5.74, 6) is -0.938. The number of aliphatic carboxylic acids is 1. The van der Waals surface area contributed by atoms with E-state index in [1.807, 2.05) is 48.5 Å². The molecule has 2 unspecified atom stereocenters. The molecule has 0 bridgehead atoms. The Morgan fingerprint density at radius 3 is 2.00 bits per heavy atom. The van der Waals surface area contributed by atoms with E-state index in [0.717, 1.165) is 12.1 Å². The molecule has 21 heavy (non-hydrogen) atoms. The SMILES string of the molecule is CC(CNCC(C(=O)O)c1ccccc1)c1ccccc1. The number of carboxylic acids is 1. The molecule has 0 spiro atoms. The van der Waals surface area contributed by atoms with E-state index in [-0.39, 0.29) is 0 Å². The summed E-state index contributed by atoms with van der Waals surface area (Å²) < 4.78 is 0. The van der Waals surface area contributed by atoms with Crippen LogP contribution in [0.2, 0.25) is 0 Å². The van der Waals surface area contributed by atoms with Crippen molar-refractivity contribution in [3.05, 3.63) is 71.8 Å². The molecule has 0 aliphatic carbocycles. The van der Waals surface area contributed by atoms with Crippen molar-refractivity contribution >= 4 is 5.97 Å². The van der Waals surface area contributed by atoms with Gasteiger partial charge in [0.2, 0.25) is 0 Å². The Bertz CT molecular complexity index is 554. The monoisotopic (exact) mass is 283 g/mol. The van der Waals surface area contributed by atoms with E-state index in [1.165, 1.54) is 5.56 Å². The molecule has 2 rings (SSSR count). The standard InChI is InChI=1S/C18H21NO2/c1-14(15-8-4-2-5-9-15)12-19-13-17(18(20)21)16-10-6-3-7-11-16/h2-11,14,17,19H,12-13H2,1H3,(H,20,21). The Kier molecular flexibility index (Phi) is 5.52. The minimum absolute atomic E-state index is 0.358. The molecule has 3 nitrogen and oxygen atoms in total. The molecule has 0 saturated heterocycles. The van der Waals surface area contributed by atoms with Gasteiger partial charge in [-0.1, -0.05) is 67.6 Å². The summed E-state index contributed by atoms with van der Waals surface area (Å²) in [5, 5.41) is 12.7. The van der Waals surface area contributed by atoms with Crippen LogP contribution in [0.3, 0.4) is 0 Å². The van der Waals surface area contributed by atoms with E-state index in [9.17, 15) is 9.90 Å². The molecule has 110 valence electrons. The van der Waals surface area contributed by atoms with Gasteiger partial charge in [-0.25, -0.2) is 0 Å². The smallest absolute Gasteiger partial charge is 0.312 e. The summed E-state index contributed by atoms with van der Waals surface area (Å²) >= 11 is 0. The van der Waals surface area contributed by atoms with Crippen molar-refractivity contribution in [1.29, 1.82) is 0 Å². The van der Waals surface area contributed by atoms with Crippen LogP contribution in [-0.4, -0.2) is 24.2 Å². The molecule has 0 fully saturated rings. The lowest BCUT2D eigenvalue weighted by atomic mass is 9.98. The van der Waals surface area contributed by atoms with Crippen molar-refractivity contribution in [2.75, 3.05) is 13.1 Å². The largest absolute Gasteiger partial charge is 0.481 e. The maximum Gasteiger partial charge on any atom is 0.312 e. The molecule has 3 heteroatoms. The van der Waals surface area contributed by atoms with E-state index in [4.69, 9.17) is 0 Å². The average Bonchev–Trinajstić information content (AvgIpc) is 2.52. The number of benzene rings is 2. The van der Waals surface area contributed by atoms with Crippen LogP contribution in [0.15, 0.2) is 60.7 Å². The minimum Gasteiger partial charge on any atom is -0.481 e. The Hall–Kier alpha value is -2.13. The van der Waals surface area contributed by atoms with Gasteiger partial charge in [-0.15, -0.1) is 0 Å². The lowest BCUT2D eigenvalue weighted by Gasteiger charge is -2.17. The number of hydrogen-bond donors (Lipinski definition) is 2. The lowest BCUT2D eigenvalue weighted by Crippen LogP contribution is -2.29. The molecular weight excluding hydrogens is 262 g/mol. The molecular formula is C18H21NO2. The number of carboxylic acid groups (broad SMARTS) is 1. The van der Waals surface area contributed by atoms with Crippen LogP contribution in [0.5, 0.6) is 0 Å². The summed E-state index contributed by atoms with van der Waals surface area (Å²) in [5.41, 5.74) is 2.10. The second kappa shape index (κ2) is 7.60. The molecule has 2 aromatic rings. The fraction of sp³-hybridized carbons (Fsp3) is 0.278. The van der Waals surface area contributed by atoms with E-state index < -0.39 is 11.9 Å². The minimum atomic E-state index is -0.791. The zero-order chi connectivity index (χ0) is 15.1. The summed E-state index contributed by atoms with van der Waals surface area (Å²) in [6, 6.07) is 19.6. The third-order valence-corrected chi connectivity index (χ3v) is 3.67. The highest BCUT2D eigenvalue weighted by Gasteiger charge is 2.19. The number of rotatable bonds is 7. The molecule has 0 heterocycles. The summed E-state index contributed by atoms with van der Waals surface area (Å²) in [4.78, 5) is 11.4. The second-order valence-electron chi connectivity index (χ2n) is 5.27. The molecule has 0 radical (unpaired) electrons. The third kappa shape index (κ3) is 4.43. The van der Waals surface area contributed by atoms with E-state index in [0.29, 0.717) is 12.5 Å². The molecule has 2 atom stereocenters. The summed E-state index contributed by atoms with van der Waals surface area (Å²) in [6.45, 7) is 3.35. The number of hydrogen-bond acceptors (Lipinski definition) is 2. The first-order chi connectivity index (χ1) is 10.2. The predicted octanol–water partition coefficient (Wildman–Crippen LogP) is 3.25. The molecule has 0 amide bonds. The van der Waals surface area contributed by atoms with Gasteiger partial charge in [0.15, 0.2) is 0 Å². The highest BCUT2D eigenvalue weighted by molar-refractivity contribution is 5.76. The first-order valence-electron chi connectivity index (χ1n) is 7.22. The van der Waals surface area contributed by atoms with Gasteiger partial charge in [0.05, 0.1) is 5.92 Å². The van der Waals surface area contributed by atoms with Crippen LogP contribution >= 0.6 is 0 Å². The van der Waals surface area contributed by atoms with Crippen LogP contribution in [0.4, 0.5) is 0 Å². The molecule has 0 aromatic heterocycles. The quantitative estimate of drug-likeness (QED) is 0.820. The van der Waals surface area contributed by atoms with Crippen molar-refractivity contribution in [3.8, 4) is 0 Å². The van der Waals surface area contributed by atoms with Crippen LogP contribution in [-0.2, 0) is 4.79 Å². The van der Waals surface area contributed by atoms with Gasteiger partial charge in [0.1, 0.15) is 0 Å². The molecule has 0 saturated carbocycles. The van der Waals surface area contributed by atoms with Gasteiger partial charge >= 0.3 is 5.97 Å². The van der Waals surface area contributed by atoms with E-state index in [1.54, 1.807) is 0 Å². The zero-order valence-electron chi connectivity index (χ0n) is 12.2. The summed E-state index contributed by atoms with van der Waals surface area (Å²) in [7, 11) is 0. The van der Waals surface area contributed by atoms with Crippen molar-refractivity contribution < 1.29 is 9.90 Å². The van der Waals surface area contributed by atoms with Crippen molar-refractivity contribution in [2.45, 2.75) is 18.8 Å². The Morgan fingerprint density at radius 1 is 0.952 bits per heavy atom. The maximum atomic E-state index is 11.4. The van der Waals surface area contributed by atoms with Crippen molar-refractivity contribution in [1.82, 2.24) is 5.32 Å². The Labute approximate surface area is 125 Å². The highest BCUT2D eigenvalue weighted by Crippen LogP contribution is 2.16. The Morgan fingerprint density at radius 2 is 1.48 bits per heavy atom. The molecule has 0 aliphatic heterocycles. The fourth-order valence-electron chi connectivity index (χ4n) is 2.38. The average molecular weight is 283 g/mol. The van der Waals surface area contributed by atoms with Gasteiger partial charge in [-0.05, 0) is 17.0 Å². The predicted molar refractivity (Wildman–Crippen MR) is 84.5 cm³/mol. The van der Waals surface area contributed by atoms with Crippen molar-refractivity contribution in [2.24, 2.45) is 0 Å². The van der Waals surface area contributed by atoms with Gasteiger partial charge in [-0.3, -0.25) is 4.79 Å². The topological polar surface area (TPSA) is 49.3 Å². The second-order valence-corrected chi connectivity index (χ2v) is 5.27. The van der Waals surface area contributed by atoms with E-state index >= 15 is 0 Å². The van der Waals surface area contributed by atoms with Gasteiger partial charge in [-0.2, -0.15) is 0 Å². The fourth-order valence-corrected chi connectivity index (χ4v) is 2.38. The highest BCUT2D eigenvalue weighted by atomic mass is 16.4. The third-order valence-electron chi connectivity index (χ3n) is 3.67. The molecule has 2 aromatic carbocycles. The number of carbonyl (C=O) groups is 1. The van der Waals surface area contributed by atoms with Gasteiger partial charge in [0, 0.05) is 13.1 Å². The normalized spacial score (nSPS) is 13.6. The molecule has 0 aliphatic rings.